The summed E-state index contributed by atoms with van der Waals surface area (Å²) < 4.78 is 5.01. The van der Waals surface area contributed by atoms with Crippen molar-refractivity contribution >= 4 is 5.69 Å². The zero-order valence-electron chi connectivity index (χ0n) is 6.65. The van der Waals surface area contributed by atoms with E-state index >= 15 is 0 Å². The molecule has 0 fully saturated rings. The SMILES string of the molecule is Nc1c(-c2cnco2)cc[nH]c1=O. The van der Waals surface area contributed by atoms with Crippen LogP contribution < -0.4 is 11.3 Å². The van der Waals surface area contributed by atoms with Gasteiger partial charge in [0.2, 0.25) is 0 Å². The maximum Gasteiger partial charge on any atom is 0.271 e. The Morgan fingerprint density at radius 1 is 1.54 bits per heavy atom. The highest BCUT2D eigenvalue weighted by Gasteiger charge is 2.07. The van der Waals surface area contributed by atoms with E-state index in [1.165, 1.54) is 18.8 Å². The van der Waals surface area contributed by atoms with Crippen molar-refractivity contribution in [1.82, 2.24) is 9.97 Å². The average molecular weight is 177 g/mol. The summed E-state index contributed by atoms with van der Waals surface area (Å²) in [5.74, 6) is 0.489. The molecule has 2 rings (SSSR count). The lowest BCUT2D eigenvalue weighted by Crippen LogP contribution is -2.11. The molecule has 0 aliphatic carbocycles. The fourth-order valence-electron chi connectivity index (χ4n) is 1.05. The lowest BCUT2D eigenvalue weighted by atomic mass is 10.2. The molecule has 0 bridgehead atoms. The third-order valence-corrected chi connectivity index (χ3v) is 1.70. The molecule has 0 saturated carbocycles. The molecule has 3 N–H and O–H groups in total. The smallest absolute Gasteiger partial charge is 0.271 e. The summed E-state index contributed by atoms with van der Waals surface area (Å²) in [6.07, 6.45) is 4.30. The van der Waals surface area contributed by atoms with Crippen molar-refractivity contribution in [3.05, 3.63) is 35.2 Å². The molecule has 0 radical (unpaired) electrons. The van der Waals surface area contributed by atoms with Crippen LogP contribution in [0.5, 0.6) is 0 Å². The predicted octanol–water partition coefficient (Wildman–Crippen LogP) is 0.612. The molecule has 0 atom stereocenters. The number of nitrogens with one attached hydrogen (secondary N) is 1. The summed E-state index contributed by atoms with van der Waals surface area (Å²) in [5.41, 5.74) is 5.91. The number of H-pyrrole nitrogens is 1. The molecule has 0 amide bonds. The van der Waals surface area contributed by atoms with Crippen molar-refractivity contribution in [1.29, 1.82) is 0 Å². The summed E-state index contributed by atoms with van der Waals surface area (Å²) in [4.78, 5) is 17.3. The molecule has 0 spiro atoms. The number of pyridine rings is 1. The Morgan fingerprint density at radius 3 is 3.08 bits per heavy atom. The Labute approximate surface area is 73.2 Å². The van der Waals surface area contributed by atoms with E-state index < -0.39 is 0 Å². The molecule has 0 saturated heterocycles. The molecule has 5 heteroatoms. The second kappa shape index (κ2) is 2.78. The van der Waals surface area contributed by atoms with Gasteiger partial charge < -0.3 is 15.1 Å². The second-order valence-electron chi connectivity index (χ2n) is 2.50. The predicted molar refractivity (Wildman–Crippen MR) is 47.0 cm³/mol. The number of nitrogens with zero attached hydrogens (tertiary/aromatic N) is 1. The van der Waals surface area contributed by atoms with Gasteiger partial charge >= 0.3 is 0 Å². The number of anilines is 1. The van der Waals surface area contributed by atoms with Gasteiger partial charge in [0.05, 0.1) is 6.20 Å². The molecular weight excluding hydrogens is 170 g/mol. The topological polar surface area (TPSA) is 84.9 Å². The maximum absolute atomic E-state index is 11.1. The number of aromatic amines is 1. The average Bonchev–Trinajstić information content (AvgIpc) is 2.62. The van der Waals surface area contributed by atoms with Gasteiger partial charge in [-0.1, -0.05) is 0 Å². The van der Waals surface area contributed by atoms with Gasteiger partial charge in [-0.3, -0.25) is 4.79 Å². The number of hydrogen-bond donors (Lipinski definition) is 2. The van der Waals surface area contributed by atoms with Crippen LogP contribution in [0, 0.1) is 0 Å². The summed E-state index contributed by atoms with van der Waals surface area (Å²) in [5, 5.41) is 0. The third-order valence-electron chi connectivity index (χ3n) is 1.70. The van der Waals surface area contributed by atoms with Crippen LogP contribution in [0.25, 0.3) is 11.3 Å². The normalized spacial score (nSPS) is 10.2. The second-order valence-corrected chi connectivity index (χ2v) is 2.50. The fourth-order valence-corrected chi connectivity index (χ4v) is 1.05. The Kier molecular flexibility index (Phi) is 1.63. The molecule has 5 nitrogen and oxygen atoms in total. The summed E-state index contributed by atoms with van der Waals surface area (Å²) in [7, 11) is 0. The van der Waals surface area contributed by atoms with Crippen LogP contribution in [-0.2, 0) is 0 Å². The zero-order valence-corrected chi connectivity index (χ0v) is 6.65. The van der Waals surface area contributed by atoms with Crippen LogP contribution >= 0.6 is 0 Å². The zero-order chi connectivity index (χ0) is 9.26. The lowest BCUT2D eigenvalue weighted by molar-refractivity contribution is 0.572. The fraction of sp³-hybridized carbons (Fsp3) is 0. The first kappa shape index (κ1) is 7.60. The molecule has 0 aliphatic heterocycles. The van der Waals surface area contributed by atoms with E-state index in [0.717, 1.165) is 0 Å². The van der Waals surface area contributed by atoms with E-state index in [1.54, 1.807) is 6.07 Å². The highest BCUT2D eigenvalue weighted by atomic mass is 16.3. The van der Waals surface area contributed by atoms with Crippen molar-refractivity contribution in [3.8, 4) is 11.3 Å². The number of nitrogen functional groups attached to an aromatic ring is 1. The van der Waals surface area contributed by atoms with Crippen LogP contribution in [0.15, 0.2) is 34.1 Å². The minimum Gasteiger partial charge on any atom is -0.443 e. The summed E-state index contributed by atoms with van der Waals surface area (Å²) in [6, 6.07) is 1.66. The summed E-state index contributed by atoms with van der Waals surface area (Å²) in [6.45, 7) is 0. The van der Waals surface area contributed by atoms with Crippen molar-refractivity contribution in [2.75, 3.05) is 5.73 Å². The number of aromatic nitrogens is 2. The van der Waals surface area contributed by atoms with E-state index in [-0.39, 0.29) is 11.2 Å². The van der Waals surface area contributed by atoms with Gasteiger partial charge in [-0.15, -0.1) is 0 Å². The van der Waals surface area contributed by atoms with Crippen molar-refractivity contribution in [2.45, 2.75) is 0 Å². The number of nitrogens with two attached hydrogens (primary N) is 1. The molecule has 0 aromatic carbocycles. The highest BCUT2D eigenvalue weighted by Crippen LogP contribution is 2.21. The van der Waals surface area contributed by atoms with E-state index in [0.29, 0.717) is 11.3 Å². The van der Waals surface area contributed by atoms with Crippen LogP contribution in [-0.4, -0.2) is 9.97 Å². The van der Waals surface area contributed by atoms with Crippen molar-refractivity contribution < 1.29 is 4.42 Å². The first-order valence-corrected chi connectivity index (χ1v) is 3.65. The maximum atomic E-state index is 11.1. The Bertz CT molecular complexity index is 458. The quantitative estimate of drug-likeness (QED) is 0.668. The molecule has 0 unspecified atom stereocenters. The van der Waals surface area contributed by atoms with Gasteiger partial charge in [0, 0.05) is 11.8 Å². The molecule has 2 heterocycles. The molecule has 66 valence electrons. The van der Waals surface area contributed by atoms with Gasteiger partial charge in [-0.25, -0.2) is 4.98 Å². The Morgan fingerprint density at radius 2 is 2.38 bits per heavy atom. The van der Waals surface area contributed by atoms with Crippen LogP contribution in [0.2, 0.25) is 0 Å². The number of hydrogen-bond acceptors (Lipinski definition) is 4. The Hall–Kier alpha value is -2.04. The monoisotopic (exact) mass is 177 g/mol. The number of oxazole rings is 1. The molecule has 2 aromatic heterocycles. The van der Waals surface area contributed by atoms with E-state index in [4.69, 9.17) is 10.2 Å². The largest absolute Gasteiger partial charge is 0.443 e. The van der Waals surface area contributed by atoms with E-state index in [2.05, 4.69) is 9.97 Å². The van der Waals surface area contributed by atoms with E-state index in [9.17, 15) is 4.79 Å². The first-order valence-electron chi connectivity index (χ1n) is 3.65. The lowest BCUT2D eigenvalue weighted by Gasteiger charge is -1.98. The highest BCUT2D eigenvalue weighted by molar-refractivity contribution is 5.70. The van der Waals surface area contributed by atoms with E-state index in [1.807, 2.05) is 0 Å². The van der Waals surface area contributed by atoms with Gasteiger partial charge in [0.25, 0.3) is 5.56 Å². The molecular formula is C8H7N3O2. The Balaban J connectivity index is 2.66. The van der Waals surface area contributed by atoms with Gasteiger partial charge in [0.1, 0.15) is 5.69 Å². The first-order chi connectivity index (χ1) is 6.29. The molecule has 0 aliphatic rings. The van der Waals surface area contributed by atoms with Gasteiger partial charge in [0.15, 0.2) is 12.2 Å². The summed E-state index contributed by atoms with van der Waals surface area (Å²) >= 11 is 0. The van der Waals surface area contributed by atoms with Crippen LogP contribution in [0.1, 0.15) is 0 Å². The standard InChI is InChI=1S/C8H7N3O2/c9-7-5(1-2-11-8(7)12)6-3-10-4-13-6/h1-4H,9H2,(H,11,12). The van der Waals surface area contributed by atoms with Gasteiger partial charge in [-0.05, 0) is 6.07 Å². The third kappa shape index (κ3) is 1.20. The molecule has 2 aromatic rings. The molecule has 13 heavy (non-hydrogen) atoms. The van der Waals surface area contributed by atoms with Gasteiger partial charge in [-0.2, -0.15) is 0 Å². The van der Waals surface area contributed by atoms with Crippen LogP contribution in [0.4, 0.5) is 5.69 Å². The minimum absolute atomic E-state index is 0.138. The van der Waals surface area contributed by atoms with Crippen LogP contribution in [0.3, 0.4) is 0 Å². The minimum atomic E-state index is -0.325. The van der Waals surface area contributed by atoms with Crippen molar-refractivity contribution in [3.63, 3.8) is 0 Å². The van der Waals surface area contributed by atoms with Crippen molar-refractivity contribution in [2.24, 2.45) is 0 Å². The number of rotatable bonds is 1.